The lowest BCUT2D eigenvalue weighted by atomic mass is 10.4. The summed E-state index contributed by atoms with van der Waals surface area (Å²) in [5.41, 5.74) is -23.5. The first-order valence-electron chi connectivity index (χ1n) is 8.07. The quantitative estimate of drug-likeness (QED) is 0.380. The fourth-order valence-corrected chi connectivity index (χ4v) is 5.62. The third-order valence-electron chi connectivity index (χ3n) is 3.09. The fourth-order valence-electron chi connectivity index (χ4n) is 1.19. The fraction of sp³-hybridized carbons (Fsp3) is 0.636. The zero-order chi connectivity index (χ0) is 32.3. The lowest BCUT2D eigenvalue weighted by Gasteiger charge is -2.22. The van der Waals surface area contributed by atoms with Crippen molar-refractivity contribution in [3.63, 3.8) is 0 Å². The van der Waals surface area contributed by atoms with Crippen LogP contribution in [-0.4, -0.2) is 73.5 Å². The first-order valence-corrected chi connectivity index (χ1v) is 14.8. The Morgan fingerprint density at radius 1 is 0.667 bits per heavy atom. The molecule has 11 nitrogen and oxygen atoms in total. The molecule has 1 aliphatic heterocycles. The van der Waals surface area contributed by atoms with Gasteiger partial charge in [0.2, 0.25) is 0 Å². The van der Waals surface area contributed by atoms with E-state index in [4.69, 9.17) is 0 Å². The summed E-state index contributed by atoms with van der Waals surface area (Å²) in [6.07, 6.45) is 1.92. The highest BCUT2D eigenvalue weighted by Gasteiger charge is 2.48. The molecule has 0 atom stereocenters. The summed E-state index contributed by atoms with van der Waals surface area (Å²) in [6.45, 7) is 5.84. The van der Waals surface area contributed by atoms with Crippen molar-refractivity contribution in [3.05, 3.63) is 31.5 Å². The van der Waals surface area contributed by atoms with Crippen LogP contribution in [0.2, 0.25) is 0 Å². The average molecular weight is 702 g/mol. The number of allylic oxidation sites excluding steroid dienone is 2. The molecule has 28 heteroatoms. The second kappa shape index (κ2) is 12.6. The minimum Gasteiger partial charge on any atom is -0.421 e. The molecule has 0 spiro atoms. The molecular formula is C11H11F12N3O8S5-2. The van der Waals surface area contributed by atoms with Crippen LogP contribution < -0.4 is 0 Å². The summed E-state index contributed by atoms with van der Waals surface area (Å²) in [5.74, 6) is 1.08. The number of hydrogen-bond acceptors (Lipinski definition) is 10. The summed E-state index contributed by atoms with van der Waals surface area (Å²) >= 11 is 1.85. The van der Waals surface area contributed by atoms with Gasteiger partial charge in [0, 0.05) is 17.6 Å². The number of alkyl halides is 12. The van der Waals surface area contributed by atoms with E-state index in [1.54, 1.807) is 0 Å². The van der Waals surface area contributed by atoms with Gasteiger partial charge < -0.3 is 13.2 Å². The zero-order valence-corrected chi connectivity index (χ0v) is 22.3. The van der Waals surface area contributed by atoms with Gasteiger partial charge in [0.05, 0.1) is 5.88 Å². The molecule has 0 bridgehead atoms. The Balaban J connectivity index is 0. The Hall–Kier alpha value is -1.49. The maximum absolute atomic E-state index is 11.4. The van der Waals surface area contributed by atoms with Crippen LogP contribution in [0.1, 0.15) is 6.92 Å². The number of thioether (sulfide) groups is 1. The monoisotopic (exact) mass is 701 g/mol. The van der Waals surface area contributed by atoms with E-state index in [1.807, 2.05) is 17.8 Å². The Kier molecular flexibility index (Phi) is 12.8. The van der Waals surface area contributed by atoms with E-state index in [0.717, 1.165) is 14.1 Å². The van der Waals surface area contributed by atoms with Gasteiger partial charge in [-0.2, -0.15) is 52.7 Å². The maximum Gasteiger partial charge on any atom is 0.480 e. The number of hydrogen-bond donors (Lipinski definition) is 0. The molecule has 234 valence electrons. The molecule has 0 unspecified atom stereocenters. The van der Waals surface area contributed by atoms with E-state index in [1.165, 1.54) is 10.6 Å². The minimum atomic E-state index is -6.72. The standard InChI is InChI=1S/C7H11NS.2C2F6NO4S2/c1-4-7-6(2)8(3)5-9-7;2*3-1(4,5)14(10,11)9-15(12,13)2(6,7)8/h4H,1,5H2,2-3H3;;/q;2*-1. The van der Waals surface area contributed by atoms with Crippen molar-refractivity contribution in [2.45, 2.75) is 29.0 Å². The van der Waals surface area contributed by atoms with Crippen molar-refractivity contribution in [2.24, 2.45) is 0 Å². The molecule has 1 heterocycles. The molecule has 0 aromatic rings. The smallest absolute Gasteiger partial charge is 0.421 e. The van der Waals surface area contributed by atoms with Crippen molar-refractivity contribution >= 4 is 51.9 Å². The molecule has 0 amide bonds. The Labute approximate surface area is 216 Å². The highest BCUT2D eigenvalue weighted by molar-refractivity contribution is 8.13. The highest BCUT2D eigenvalue weighted by Crippen LogP contribution is 2.37. The average Bonchev–Trinajstić information content (AvgIpc) is 2.95. The molecule has 0 saturated heterocycles. The van der Waals surface area contributed by atoms with E-state index in [9.17, 15) is 86.4 Å². The van der Waals surface area contributed by atoms with Gasteiger partial charge in [0.1, 0.15) is 0 Å². The summed E-state index contributed by atoms with van der Waals surface area (Å²) < 4.78 is 218. The second-order valence-electron chi connectivity index (χ2n) is 5.96. The lowest BCUT2D eigenvalue weighted by Crippen LogP contribution is -2.30. The van der Waals surface area contributed by atoms with E-state index in [0.29, 0.717) is 0 Å². The van der Waals surface area contributed by atoms with Crippen LogP contribution in [0, 0.1) is 0 Å². The molecule has 0 aromatic carbocycles. The van der Waals surface area contributed by atoms with E-state index in [-0.39, 0.29) is 0 Å². The van der Waals surface area contributed by atoms with Gasteiger partial charge in [-0.25, -0.2) is 33.7 Å². The van der Waals surface area contributed by atoms with Gasteiger partial charge in [0.25, 0.3) is 0 Å². The van der Waals surface area contributed by atoms with Gasteiger partial charge in [0.15, 0.2) is 40.1 Å². The van der Waals surface area contributed by atoms with Gasteiger partial charge in [-0.1, -0.05) is 12.7 Å². The molecule has 0 N–H and O–H groups in total. The number of sulfonamides is 4. The minimum absolute atomic E-state index is 0.778. The van der Waals surface area contributed by atoms with Crippen molar-refractivity contribution in [2.75, 3.05) is 12.9 Å². The topological polar surface area (TPSA) is 168 Å². The van der Waals surface area contributed by atoms with Crippen LogP contribution in [0.5, 0.6) is 0 Å². The molecule has 1 rings (SSSR count). The van der Waals surface area contributed by atoms with Crippen LogP contribution in [0.4, 0.5) is 52.7 Å². The van der Waals surface area contributed by atoms with Gasteiger partial charge in [-0.05, 0) is 6.92 Å². The largest absolute Gasteiger partial charge is 0.480 e. The van der Waals surface area contributed by atoms with Crippen LogP contribution in [-0.2, 0) is 40.1 Å². The van der Waals surface area contributed by atoms with Crippen LogP contribution in [0.3, 0.4) is 0 Å². The normalized spacial score (nSPS) is 16.2. The van der Waals surface area contributed by atoms with Crippen LogP contribution in [0.25, 0.3) is 8.25 Å². The van der Waals surface area contributed by atoms with Crippen molar-refractivity contribution in [1.29, 1.82) is 0 Å². The molecule has 0 saturated carbocycles. The molecule has 0 fully saturated rings. The SMILES string of the molecule is C=CC1=C(C)N(C)CS1.O=S(=O)([N-]S(=O)(=O)C(F)(F)F)C(F)(F)F.O=S(=O)([N-]S(=O)(=O)C(F)(F)F)C(F)(F)F. The van der Waals surface area contributed by atoms with Crippen molar-refractivity contribution < 1.29 is 86.4 Å². The summed E-state index contributed by atoms with van der Waals surface area (Å²) in [5, 5.41) is 0. The zero-order valence-electron chi connectivity index (χ0n) is 18.2. The number of nitrogens with zero attached hydrogens (tertiary/aromatic N) is 3. The maximum atomic E-state index is 11.4. The predicted octanol–water partition coefficient (Wildman–Crippen LogP) is 4.16. The molecule has 1 aliphatic rings. The van der Waals surface area contributed by atoms with Crippen LogP contribution >= 0.6 is 11.8 Å². The molecule has 0 aliphatic carbocycles. The third-order valence-corrected chi connectivity index (χ3v) is 9.86. The molecule has 0 radical (unpaired) electrons. The van der Waals surface area contributed by atoms with E-state index in [2.05, 4.69) is 25.5 Å². The van der Waals surface area contributed by atoms with E-state index < -0.39 is 62.1 Å². The summed E-state index contributed by atoms with van der Waals surface area (Å²) in [4.78, 5) is 3.54. The van der Waals surface area contributed by atoms with Crippen molar-refractivity contribution in [3.8, 4) is 0 Å². The Morgan fingerprint density at radius 2 is 0.897 bits per heavy atom. The third kappa shape index (κ3) is 11.5. The molecule has 0 aromatic heterocycles. The van der Waals surface area contributed by atoms with E-state index >= 15 is 0 Å². The van der Waals surface area contributed by atoms with Gasteiger partial charge in [-0.15, -0.1) is 11.8 Å². The van der Waals surface area contributed by atoms with Crippen molar-refractivity contribution in [1.82, 2.24) is 4.90 Å². The summed E-state index contributed by atoms with van der Waals surface area (Å²) in [7, 11) is -24.8. The first kappa shape index (κ1) is 39.7. The van der Waals surface area contributed by atoms with Gasteiger partial charge >= 0.3 is 22.0 Å². The first-order chi connectivity index (χ1) is 16.7. The van der Waals surface area contributed by atoms with Gasteiger partial charge in [-0.3, -0.25) is 0 Å². The Morgan fingerprint density at radius 3 is 1.00 bits per heavy atom. The summed E-state index contributed by atoms with van der Waals surface area (Å²) in [6, 6.07) is 0. The predicted molar refractivity (Wildman–Crippen MR) is 110 cm³/mol. The highest BCUT2D eigenvalue weighted by atomic mass is 32.3. The Bertz CT molecular complexity index is 1170. The number of rotatable bonds is 5. The second-order valence-corrected chi connectivity index (χ2v) is 13.8. The number of halogens is 12. The lowest BCUT2D eigenvalue weighted by molar-refractivity contribution is -0.0456. The molecular weight excluding hydrogens is 690 g/mol. The molecule has 39 heavy (non-hydrogen) atoms. The van der Waals surface area contributed by atoms with Crippen LogP contribution in [0.15, 0.2) is 23.3 Å².